The molecule has 4 heteroatoms. The highest BCUT2D eigenvalue weighted by Gasteiger charge is 2.11. The zero-order valence-corrected chi connectivity index (χ0v) is 10.9. The zero-order valence-electron chi connectivity index (χ0n) is 10.9. The number of rotatable bonds is 9. The van der Waals surface area contributed by atoms with Gasteiger partial charge in [-0.2, -0.15) is 0 Å². The Balaban J connectivity index is 3.54. The van der Waals surface area contributed by atoms with Gasteiger partial charge in [-0.3, -0.25) is 4.79 Å². The number of hydrogen-bond acceptors (Lipinski definition) is 4. The Morgan fingerprint density at radius 3 is 2.50 bits per heavy atom. The average molecular weight is 231 g/mol. The third-order valence-corrected chi connectivity index (χ3v) is 2.65. The fourth-order valence-corrected chi connectivity index (χ4v) is 1.61. The Morgan fingerprint density at radius 2 is 2.00 bits per heavy atom. The summed E-state index contributed by atoms with van der Waals surface area (Å²) >= 11 is 0. The van der Waals surface area contributed by atoms with Gasteiger partial charge in [-0.1, -0.05) is 13.3 Å². The molecule has 0 saturated carbocycles. The molecule has 0 radical (unpaired) electrons. The fourth-order valence-electron chi connectivity index (χ4n) is 1.61. The van der Waals surface area contributed by atoms with Crippen LogP contribution in [0.4, 0.5) is 0 Å². The van der Waals surface area contributed by atoms with Crippen LogP contribution in [0, 0.1) is 0 Å². The van der Waals surface area contributed by atoms with Crippen molar-refractivity contribution in [1.82, 2.24) is 5.32 Å². The van der Waals surface area contributed by atoms with Gasteiger partial charge in [0.05, 0.1) is 13.2 Å². The van der Waals surface area contributed by atoms with Gasteiger partial charge in [0.1, 0.15) is 6.04 Å². The van der Waals surface area contributed by atoms with Crippen LogP contribution in [0.2, 0.25) is 0 Å². The van der Waals surface area contributed by atoms with Gasteiger partial charge in [0.2, 0.25) is 0 Å². The number of carbonyl (C=O) groups is 1. The van der Waals surface area contributed by atoms with Crippen LogP contribution in [0.3, 0.4) is 0 Å². The van der Waals surface area contributed by atoms with Crippen LogP contribution in [0.5, 0.6) is 0 Å². The van der Waals surface area contributed by atoms with Crippen molar-refractivity contribution in [1.29, 1.82) is 0 Å². The summed E-state index contributed by atoms with van der Waals surface area (Å²) < 4.78 is 9.97. The molecule has 0 aliphatic heterocycles. The molecule has 16 heavy (non-hydrogen) atoms. The lowest BCUT2D eigenvalue weighted by atomic mass is 10.1. The second kappa shape index (κ2) is 9.60. The zero-order chi connectivity index (χ0) is 12.4. The average Bonchev–Trinajstić information content (AvgIpc) is 2.31. The van der Waals surface area contributed by atoms with E-state index in [0.717, 1.165) is 32.2 Å². The van der Waals surface area contributed by atoms with Crippen molar-refractivity contribution >= 4 is 5.97 Å². The molecule has 96 valence electrons. The maximum absolute atomic E-state index is 11.1. The SMILES string of the molecule is CCCC(CCCNC(C)C(=O)OC)OC. The van der Waals surface area contributed by atoms with E-state index in [-0.39, 0.29) is 12.0 Å². The van der Waals surface area contributed by atoms with Crippen molar-refractivity contribution < 1.29 is 14.3 Å². The van der Waals surface area contributed by atoms with Gasteiger partial charge in [0.25, 0.3) is 0 Å². The van der Waals surface area contributed by atoms with Crippen molar-refractivity contribution in [2.24, 2.45) is 0 Å². The molecule has 0 rings (SSSR count). The van der Waals surface area contributed by atoms with Gasteiger partial charge in [-0.15, -0.1) is 0 Å². The molecule has 0 fully saturated rings. The van der Waals surface area contributed by atoms with Gasteiger partial charge < -0.3 is 14.8 Å². The molecule has 2 atom stereocenters. The predicted molar refractivity (Wildman–Crippen MR) is 64.4 cm³/mol. The molecule has 0 bridgehead atoms. The van der Waals surface area contributed by atoms with Gasteiger partial charge in [-0.05, 0) is 32.7 Å². The fraction of sp³-hybridized carbons (Fsp3) is 0.917. The second-order valence-electron chi connectivity index (χ2n) is 3.99. The smallest absolute Gasteiger partial charge is 0.322 e. The maximum Gasteiger partial charge on any atom is 0.322 e. The standard InChI is InChI=1S/C12H25NO3/c1-5-7-11(15-3)8-6-9-13-10(2)12(14)16-4/h10-11,13H,5-9H2,1-4H3. The molecule has 0 spiro atoms. The van der Waals surface area contributed by atoms with Crippen LogP contribution in [-0.2, 0) is 14.3 Å². The van der Waals surface area contributed by atoms with E-state index in [1.807, 2.05) is 6.92 Å². The number of methoxy groups -OCH3 is 2. The van der Waals surface area contributed by atoms with Crippen LogP contribution in [-0.4, -0.2) is 38.9 Å². The lowest BCUT2D eigenvalue weighted by Gasteiger charge is -2.15. The Morgan fingerprint density at radius 1 is 1.31 bits per heavy atom. The molecule has 0 aromatic carbocycles. The molecule has 4 nitrogen and oxygen atoms in total. The number of hydrogen-bond donors (Lipinski definition) is 1. The van der Waals surface area contributed by atoms with Crippen LogP contribution < -0.4 is 5.32 Å². The highest BCUT2D eigenvalue weighted by molar-refractivity contribution is 5.74. The lowest BCUT2D eigenvalue weighted by molar-refractivity contribution is -0.142. The summed E-state index contributed by atoms with van der Waals surface area (Å²) in [6.45, 7) is 4.79. The Bertz CT molecular complexity index is 185. The minimum absolute atomic E-state index is 0.211. The molecule has 2 unspecified atom stereocenters. The Kier molecular flexibility index (Phi) is 9.24. The van der Waals surface area contributed by atoms with Gasteiger partial charge in [0.15, 0.2) is 0 Å². The first kappa shape index (κ1) is 15.4. The van der Waals surface area contributed by atoms with Crippen molar-refractivity contribution in [3.8, 4) is 0 Å². The molecule has 0 aromatic rings. The Labute approximate surface area is 98.7 Å². The number of esters is 1. The van der Waals surface area contributed by atoms with E-state index in [0.29, 0.717) is 6.10 Å². The van der Waals surface area contributed by atoms with E-state index in [4.69, 9.17) is 4.74 Å². The highest BCUT2D eigenvalue weighted by Crippen LogP contribution is 2.07. The Hall–Kier alpha value is -0.610. The normalized spacial score (nSPS) is 14.5. The molecule has 0 aliphatic rings. The van der Waals surface area contributed by atoms with E-state index in [2.05, 4.69) is 17.0 Å². The van der Waals surface area contributed by atoms with Crippen molar-refractivity contribution in [3.63, 3.8) is 0 Å². The number of ether oxygens (including phenoxy) is 2. The molecule has 1 N–H and O–H groups in total. The molecule has 0 heterocycles. The van der Waals surface area contributed by atoms with Crippen molar-refractivity contribution in [2.75, 3.05) is 20.8 Å². The minimum Gasteiger partial charge on any atom is -0.468 e. The van der Waals surface area contributed by atoms with Gasteiger partial charge >= 0.3 is 5.97 Å². The van der Waals surface area contributed by atoms with E-state index >= 15 is 0 Å². The monoisotopic (exact) mass is 231 g/mol. The summed E-state index contributed by atoms with van der Waals surface area (Å²) in [7, 11) is 3.16. The first-order chi connectivity index (χ1) is 7.65. The first-order valence-electron chi connectivity index (χ1n) is 5.99. The number of nitrogens with one attached hydrogen (secondary N) is 1. The summed E-state index contributed by atoms with van der Waals surface area (Å²) in [5, 5.41) is 3.12. The van der Waals surface area contributed by atoms with Crippen LogP contribution >= 0.6 is 0 Å². The summed E-state index contributed by atoms with van der Waals surface area (Å²) in [6, 6.07) is -0.225. The largest absolute Gasteiger partial charge is 0.468 e. The van der Waals surface area contributed by atoms with Gasteiger partial charge in [0, 0.05) is 7.11 Å². The second-order valence-corrected chi connectivity index (χ2v) is 3.99. The van der Waals surface area contributed by atoms with E-state index < -0.39 is 0 Å². The van der Waals surface area contributed by atoms with E-state index in [1.165, 1.54) is 7.11 Å². The van der Waals surface area contributed by atoms with Crippen molar-refractivity contribution in [2.45, 2.75) is 51.7 Å². The predicted octanol–water partition coefficient (Wildman–Crippen LogP) is 1.73. The topological polar surface area (TPSA) is 47.6 Å². The quantitative estimate of drug-likeness (QED) is 0.485. The van der Waals surface area contributed by atoms with Gasteiger partial charge in [-0.25, -0.2) is 0 Å². The molecular weight excluding hydrogens is 206 g/mol. The summed E-state index contributed by atoms with van der Waals surface area (Å²) in [6.07, 6.45) is 4.64. The molecular formula is C12H25NO3. The molecule has 0 aromatic heterocycles. The summed E-state index contributed by atoms with van der Waals surface area (Å²) in [5.41, 5.74) is 0. The first-order valence-corrected chi connectivity index (χ1v) is 5.99. The number of carbonyl (C=O) groups excluding carboxylic acids is 1. The lowest BCUT2D eigenvalue weighted by Crippen LogP contribution is -2.35. The summed E-state index contributed by atoms with van der Waals surface area (Å²) in [5.74, 6) is -0.211. The molecule has 0 amide bonds. The van der Waals surface area contributed by atoms with E-state index in [1.54, 1.807) is 7.11 Å². The van der Waals surface area contributed by atoms with Crippen LogP contribution in [0.15, 0.2) is 0 Å². The van der Waals surface area contributed by atoms with E-state index in [9.17, 15) is 4.79 Å². The van der Waals surface area contributed by atoms with Crippen molar-refractivity contribution in [3.05, 3.63) is 0 Å². The molecule has 0 aliphatic carbocycles. The molecule has 0 saturated heterocycles. The third kappa shape index (κ3) is 6.80. The minimum atomic E-state index is -0.225. The maximum atomic E-state index is 11.1. The van der Waals surface area contributed by atoms with Crippen LogP contribution in [0.25, 0.3) is 0 Å². The summed E-state index contributed by atoms with van der Waals surface area (Å²) in [4.78, 5) is 11.1. The van der Waals surface area contributed by atoms with Crippen LogP contribution in [0.1, 0.15) is 39.5 Å². The highest BCUT2D eigenvalue weighted by atomic mass is 16.5. The third-order valence-electron chi connectivity index (χ3n) is 2.65.